The smallest absolute Gasteiger partial charge is 0.315 e. The van der Waals surface area contributed by atoms with E-state index in [1.165, 1.54) is 5.56 Å². The first-order valence-electron chi connectivity index (χ1n) is 6.49. The Hall–Kier alpha value is -2.29. The quantitative estimate of drug-likeness (QED) is 0.847. The molecule has 0 bridgehead atoms. The first-order valence-corrected chi connectivity index (χ1v) is 6.49. The lowest BCUT2D eigenvalue weighted by molar-refractivity contribution is 0.224. The molecule has 1 aliphatic rings. The zero-order valence-corrected chi connectivity index (χ0v) is 10.5. The largest absolute Gasteiger partial charge is 0.337 e. The molecule has 1 aliphatic heterocycles. The number of benzene rings is 2. The lowest BCUT2D eigenvalue weighted by Gasteiger charge is -2.33. The molecule has 0 saturated carbocycles. The Balaban J connectivity index is 1.95. The van der Waals surface area contributed by atoms with Gasteiger partial charge in [0.25, 0.3) is 0 Å². The minimum atomic E-state index is -0.0963. The number of hydrogen-bond donors (Lipinski definition) is 2. The van der Waals surface area contributed by atoms with Gasteiger partial charge in [-0.1, -0.05) is 60.7 Å². The molecule has 3 heteroatoms. The summed E-state index contributed by atoms with van der Waals surface area (Å²) < 4.78 is 0. The van der Waals surface area contributed by atoms with E-state index in [0.717, 1.165) is 5.56 Å². The van der Waals surface area contributed by atoms with Crippen LogP contribution in [-0.2, 0) is 0 Å². The molecule has 19 heavy (non-hydrogen) atoms. The Labute approximate surface area is 112 Å². The van der Waals surface area contributed by atoms with Crippen LogP contribution in [0, 0.1) is 0 Å². The van der Waals surface area contributed by atoms with E-state index < -0.39 is 0 Å². The number of nitrogens with one attached hydrogen (secondary N) is 2. The van der Waals surface area contributed by atoms with E-state index in [1.807, 2.05) is 36.4 Å². The fraction of sp³-hybridized carbons (Fsp3) is 0.188. The molecule has 96 valence electrons. The molecule has 2 aromatic carbocycles. The molecular weight excluding hydrogens is 236 g/mol. The molecule has 0 spiro atoms. The van der Waals surface area contributed by atoms with Gasteiger partial charge in [-0.3, -0.25) is 0 Å². The van der Waals surface area contributed by atoms with Crippen LogP contribution in [0.5, 0.6) is 0 Å². The third kappa shape index (κ3) is 2.45. The Kier molecular flexibility index (Phi) is 3.19. The van der Waals surface area contributed by atoms with Crippen LogP contribution in [-0.4, -0.2) is 12.6 Å². The Morgan fingerprint density at radius 3 is 2.05 bits per heavy atom. The lowest BCUT2D eigenvalue weighted by Crippen LogP contribution is -2.49. The predicted molar refractivity (Wildman–Crippen MR) is 74.9 cm³/mol. The van der Waals surface area contributed by atoms with Crippen molar-refractivity contribution < 1.29 is 4.79 Å². The summed E-state index contributed by atoms with van der Waals surface area (Å²) in [6, 6.07) is 20.4. The first-order chi connectivity index (χ1) is 9.34. The molecule has 3 rings (SSSR count). The second-order valence-electron chi connectivity index (χ2n) is 4.76. The molecule has 0 aliphatic carbocycles. The fourth-order valence-electron chi connectivity index (χ4n) is 2.60. The van der Waals surface area contributed by atoms with Crippen molar-refractivity contribution in [2.45, 2.75) is 12.0 Å². The van der Waals surface area contributed by atoms with Crippen LogP contribution < -0.4 is 10.6 Å². The molecule has 2 atom stereocenters. The van der Waals surface area contributed by atoms with E-state index in [-0.39, 0.29) is 18.0 Å². The van der Waals surface area contributed by atoms with Crippen LogP contribution >= 0.6 is 0 Å². The molecule has 2 amide bonds. The summed E-state index contributed by atoms with van der Waals surface area (Å²) in [4.78, 5) is 11.6. The van der Waals surface area contributed by atoms with Crippen LogP contribution in [0.15, 0.2) is 60.7 Å². The summed E-state index contributed by atoms with van der Waals surface area (Å²) in [7, 11) is 0. The summed E-state index contributed by atoms with van der Waals surface area (Å²) in [5, 5.41) is 5.91. The van der Waals surface area contributed by atoms with E-state index in [4.69, 9.17) is 0 Å². The number of rotatable bonds is 2. The molecule has 3 nitrogen and oxygen atoms in total. The standard InChI is InChI=1S/C16H16N2O/c19-16-17-11-14(12-7-3-1-4-8-12)15(18-16)13-9-5-2-6-10-13/h1-10,14-15H,11H2,(H2,17,18,19)/t14-,15-/m0/s1. The van der Waals surface area contributed by atoms with E-state index in [2.05, 4.69) is 34.9 Å². The molecule has 1 saturated heterocycles. The molecule has 2 aromatic rings. The first kappa shape index (κ1) is 11.8. The van der Waals surface area contributed by atoms with Crippen LogP contribution in [0.2, 0.25) is 0 Å². The van der Waals surface area contributed by atoms with Crippen molar-refractivity contribution >= 4 is 6.03 Å². The van der Waals surface area contributed by atoms with Crippen molar-refractivity contribution in [2.24, 2.45) is 0 Å². The highest BCUT2D eigenvalue weighted by Gasteiger charge is 2.30. The van der Waals surface area contributed by atoms with Crippen molar-refractivity contribution in [1.29, 1.82) is 0 Å². The minimum absolute atomic E-state index is 0.0253. The second-order valence-corrected chi connectivity index (χ2v) is 4.76. The van der Waals surface area contributed by atoms with Crippen molar-refractivity contribution in [1.82, 2.24) is 10.6 Å². The van der Waals surface area contributed by atoms with Crippen molar-refractivity contribution in [2.75, 3.05) is 6.54 Å². The van der Waals surface area contributed by atoms with Gasteiger partial charge in [-0.05, 0) is 11.1 Å². The van der Waals surface area contributed by atoms with Gasteiger partial charge < -0.3 is 10.6 Å². The fourth-order valence-corrected chi connectivity index (χ4v) is 2.60. The Morgan fingerprint density at radius 2 is 1.42 bits per heavy atom. The molecule has 0 radical (unpaired) electrons. The highest BCUT2D eigenvalue weighted by molar-refractivity contribution is 5.75. The van der Waals surface area contributed by atoms with Gasteiger partial charge in [0.2, 0.25) is 0 Å². The number of amides is 2. The van der Waals surface area contributed by atoms with Crippen molar-refractivity contribution in [3.05, 3.63) is 71.8 Å². The zero-order valence-electron chi connectivity index (χ0n) is 10.5. The van der Waals surface area contributed by atoms with Gasteiger partial charge in [-0.2, -0.15) is 0 Å². The number of urea groups is 1. The summed E-state index contributed by atoms with van der Waals surface area (Å²) in [5.74, 6) is 0.251. The molecule has 0 unspecified atom stereocenters. The van der Waals surface area contributed by atoms with Gasteiger partial charge >= 0.3 is 6.03 Å². The van der Waals surface area contributed by atoms with E-state index in [9.17, 15) is 4.79 Å². The zero-order chi connectivity index (χ0) is 13.1. The highest BCUT2D eigenvalue weighted by Crippen LogP contribution is 2.32. The normalized spacial score (nSPS) is 22.4. The van der Waals surface area contributed by atoms with Crippen molar-refractivity contribution in [3.8, 4) is 0 Å². The van der Waals surface area contributed by atoms with Gasteiger partial charge in [-0.15, -0.1) is 0 Å². The van der Waals surface area contributed by atoms with Gasteiger partial charge in [0.1, 0.15) is 0 Å². The molecule has 0 aromatic heterocycles. The Bertz CT molecular complexity index is 553. The van der Waals surface area contributed by atoms with Gasteiger partial charge in [0.05, 0.1) is 6.04 Å². The molecule has 1 heterocycles. The highest BCUT2D eigenvalue weighted by atomic mass is 16.2. The molecule has 2 N–H and O–H groups in total. The van der Waals surface area contributed by atoms with Crippen LogP contribution in [0.25, 0.3) is 0 Å². The summed E-state index contributed by atoms with van der Waals surface area (Å²) in [5.41, 5.74) is 2.38. The van der Waals surface area contributed by atoms with Gasteiger partial charge in [0.15, 0.2) is 0 Å². The van der Waals surface area contributed by atoms with Gasteiger partial charge in [0, 0.05) is 12.5 Å². The van der Waals surface area contributed by atoms with Crippen LogP contribution in [0.4, 0.5) is 4.79 Å². The van der Waals surface area contributed by atoms with Crippen LogP contribution in [0.3, 0.4) is 0 Å². The topological polar surface area (TPSA) is 41.1 Å². The minimum Gasteiger partial charge on any atom is -0.337 e. The van der Waals surface area contributed by atoms with Gasteiger partial charge in [-0.25, -0.2) is 4.79 Å². The average Bonchev–Trinajstić information content (AvgIpc) is 2.49. The predicted octanol–water partition coefficient (Wildman–Crippen LogP) is 2.82. The lowest BCUT2D eigenvalue weighted by atomic mass is 9.86. The third-order valence-electron chi connectivity index (χ3n) is 3.56. The summed E-state index contributed by atoms with van der Waals surface area (Å²) >= 11 is 0. The monoisotopic (exact) mass is 252 g/mol. The maximum atomic E-state index is 11.6. The third-order valence-corrected chi connectivity index (χ3v) is 3.56. The second kappa shape index (κ2) is 5.14. The van der Waals surface area contributed by atoms with E-state index in [0.29, 0.717) is 6.54 Å². The maximum Gasteiger partial charge on any atom is 0.315 e. The number of carbonyl (C=O) groups is 1. The van der Waals surface area contributed by atoms with Crippen molar-refractivity contribution in [3.63, 3.8) is 0 Å². The average molecular weight is 252 g/mol. The molecule has 1 fully saturated rings. The maximum absolute atomic E-state index is 11.6. The van der Waals surface area contributed by atoms with E-state index in [1.54, 1.807) is 0 Å². The SMILES string of the molecule is O=C1NC[C@@H](c2ccccc2)[C@H](c2ccccc2)N1. The Morgan fingerprint density at radius 1 is 0.842 bits per heavy atom. The van der Waals surface area contributed by atoms with E-state index >= 15 is 0 Å². The summed E-state index contributed by atoms with van der Waals surface area (Å²) in [6.45, 7) is 0.662. The van der Waals surface area contributed by atoms with Crippen LogP contribution in [0.1, 0.15) is 23.1 Å². The number of carbonyl (C=O) groups excluding carboxylic acids is 1. The number of hydrogen-bond acceptors (Lipinski definition) is 1. The molecular formula is C16H16N2O. The summed E-state index contributed by atoms with van der Waals surface area (Å²) in [6.07, 6.45) is 0.